The minimum absolute atomic E-state index is 0.199. The Bertz CT molecular complexity index is 1410. The van der Waals surface area contributed by atoms with Gasteiger partial charge in [-0.25, -0.2) is 19.2 Å². The number of aryl methyl sites for hydroxylation is 1. The molecule has 4 rings (SSSR count). The molecule has 0 aliphatic heterocycles. The summed E-state index contributed by atoms with van der Waals surface area (Å²) in [4.78, 5) is 20.3. The summed E-state index contributed by atoms with van der Waals surface area (Å²) >= 11 is 6.43. The molecule has 6 nitrogen and oxygen atoms in total. The maximum absolute atomic E-state index is 13.4. The first-order valence-corrected chi connectivity index (χ1v) is 12.4. The predicted molar refractivity (Wildman–Crippen MR) is 150 cm³/mol. The third kappa shape index (κ3) is 7.63. The highest BCUT2D eigenvalue weighted by Crippen LogP contribution is 2.31. The van der Waals surface area contributed by atoms with Crippen molar-refractivity contribution < 1.29 is 18.7 Å². The van der Waals surface area contributed by atoms with E-state index in [0.29, 0.717) is 33.4 Å². The lowest BCUT2D eigenvalue weighted by molar-refractivity contribution is 0.0600. The van der Waals surface area contributed by atoms with Gasteiger partial charge in [0.2, 0.25) is 0 Å². The van der Waals surface area contributed by atoms with Crippen LogP contribution in [0.4, 0.5) is 15.9 Å². The van der Waals surface area contributed by atoms with Crippen LogP contribution < -0.4 is 10.1 Å². The van der Waals surface area contributed by atoms with Crippen LogP contribution in [0, 0.1) is 12.7 Å². The van der Waals surface area contributed by atoms with Crippen LogP contribution in [0.5, 0.6) is 5.75 Å². The van der Waals surface area contributed by atoms with Crippen molar-refractivity contribution in [2.75, 3.05) is 12.4 Å². The van der Waals surface area contributed by atoms with Crippen molar-refractivity contribution in [3.63, 3.8) is 0 Å². The molecule has 4 aromatic rings. The Hall–Kier alpha value is -4.23. The third-order valence-corrected chi connectivity index (χ3v) is 5.63. The molecular formula is C30H29ClFN3O3. The number of anilines is 2. The second-order valence-electron chi connectivity index (χ2n) is 7.86. The van der Waals surface area contributed by atoms with Gasteiger partial charge in [0, 0.05) is 11.3 Å². The van der Waals surface area contributed by atoms with Crippen LogP contribution in [-0.2, 0) is 11.3 Å². The van der Waals surface area contributed by atoms with Gasteiger partial charge < -0.3 is 14.8 Å². The van der Waals surface area contributed by atoms with Crippen molar-refractivity contribution in [2.24, 2.45) is 0 Å². The molecular weight excluding hydrogens is 505 g/mol. The molecule has 1 heterocycles. The molecule has 0 unspecified atom stereocenters. The van der Waals surface area contributed by atoms with Crippen LogP contribution in [0.3, 0.4) is 0 Å². The van der Waals surface area contributed by atoms with Gasteiger partial charge in [0.25, 0.3) is 0 Å². The van der Waals surface area contributed by atoms with Crippen molar-refractivity contribution in [1.29, 1.82) is 0 Å². The number of carbonyl (C=O) groups is 1. The molecule has 0 aliphatic rings. The van der Waals surface area contributed by atoms with E-state index >= 15 is 0 Å². The van der Waals surface area contributed by atoms with Crippen LogP contribution in [0.1, 0.15) is 46.6 Å². The van der Waals surface area contributed by atoms with Crippen LogP contribution in [0.2, 0.25) is 5.02 Å². The largest absolute Gasteiger partial charge is 0.487 e. The van der Waals surface area contributed by atoms with Gasteiger partial charge in [0.05, 0.1) is 23.4 Å². The average molecular weight is 534 g/mol. The van der Waals surface area contributed by atoms with E-state index in [1.165, 1.54) is 25.6 Å². The summed E-state index contributed by atoms with van der Waals surface area (Å²) < 4.78 is 23.9. The fraction of sp³-hybridized carbons (Fsp3) is 0.167. The molecule has 0 saturated carbocycles. The summed E-state index contributed by atoms with van der Waals surface area (Å²) in [5.41, 5.74) is 4.40. The van der Waals surface area contributed by atoms with E-state index in [1.807, 2.05) is 51.1 Å². The van der Waals surface area contributed by atoms with E-state index in [4.69, 9.17) is 21.1 Å². The number of nitrogens with one attached hydrogen (secondary N) is 1. The molecule has 196 valence electrons. The van der Waals surface area contributed by atoms with E-state index in [2.05, 4.69) is 15.3 Å². The zero-order valence-electron chi connectivity index (χ0n) is 21.7. The number of methoxy groups -OCH3 is 1. The van der Waals surface area contributed by atoms with Gasteiger partial charge in [-0.1, -0.05) is 55.8 Å². The Kier molecular flexibility index (Phi) is 10.4. The number of hydrogen-bond donors (Lipinski definition) is 1. The molecule has 38 heavy (non-hydrogen) atoms. The van der Waals surface area contributed by atoms with Crippen LogP contribution in [0.15, 0.2) is 73.1 Å². The van der Waals surface area contributed by atoms with Gasteiger partial charge in [-0.2, -0.15) is 0 Å². The van der Waals surface area contributed by atoms with Crippen molar-refractivity contribution in [3.8, 4) is 5.75 Å². The molecule has 0 fully saturated rings. The Labute approximate surface area is 227 Å². The van der Waals surface area contributed by atoms with E-state index in [0.717, 1.165) is 16.8 Å². The average Bonchev–Trinajstić information content (AvgIpc) is 2.93. The van der Waals surface area contributed by atoms with E-state index in [-0.39, 0.29) is 18.4 Å². The molecule has 1 N–H and O–H groups in total. The van der Waals surface area contributed by atoms with Gasteiger partial charge in [-0.05, 0) is 66.6 Å². The van der Waals surface area contributed by atoms with Gasteiger partial charge in [0.15, 0.2) is 0 Å². The monoisotopic (exact) mass is 533 g/mol. The van der Waals surface area contributed by atoms with Crippen molar-refractivity contribution >= 4 is 41.2 Å². The molecule has 8 heteroatoms. The second-order valence-corrected chi connectivity index (χ2v) is 8.26. The van der Waals surface area contributed by atoms with Gasteiger partial charge in [-0.3, -0.25) is 0 Å². The third-order valence-electron chi connectivity index (χ3n) is 5.34. The lowest BCUT2D eigenvalue weighted by Crippen LogP contribution is -2.01. The first-order valence-electron chi connectivity index (χ1n) is 12.0. The van der Waals surface area contributed by atoms with Gasteiger partial charge in [0.1, 0.15) is 30.3 Å². The smallest absolute Gasteiger partial charge is 0.337 e. The number of esters is 1. The summed E-state index contributed by atoms with van der Waals surface area (Å²) in [5.74, 6) is 0.397. The highest BCUT2D eigenvalue weighted by atomic mass is 35.5. The highest BCUT2D eigenvalue weighted by molar-refractivity contribution is 6.32. The number of hydrogen-bond acceptors (Lipinski definition) is 6. The summed E-state index contributed by atoms with van der Waals surface area (Å²) in [6, 6.07) is 18.6. The Morgan fingerprint density at radius 3 is 2.47 bits per heavy atom. The minimum Gasteiger partial charge on any atom is -0.487 e. The molecule has 0 amide bonds. The van der Waals surface area contributed by atoms with E-state index in [1.54, 1.807) is 36.4 Å². The highest BCUT2D eigenvalue weighted by Gasteiger charge is 2.10. The normalized spacial score (nSPS) is 10.5. The zero-order valence-corrected chi connectivity index (χ0v) is 22.4. The number of benzene rings is 3. The number of halogens is 2. The van der Waals surface area contributed by atoms with Crippen molar-refractivity contribution in [1.82, 2.24) is 9.97 Å². The second kappa shape index (κ2) is 13.9. The van der Waals surface area contributed by atoms with Gasteiger partial charge in [-0.15, -0.1) is 0 Å². The summed E-state index contributed by atoms with van der Waals surface area (Å²) in [6.45, 7) is 6.09. The summed E-state index contributed by atoms with van der Waals surface area (Å²) in [5, 5.41) is 3.68. The lowest BCUT2D eigenvalue weighted by atomic mass is 10.1. The Morgan fingerprint density at radius 2 is 1.79 bits per heavy atom. The molecule has 0 saturated heterocycles. The van der Waals surface area contributed by atoms with E-state index in [9.17, 15) is 9.18 Å². The molecule has 1 aromatic heterocycles. The fourth-order valence-corrected chi connectivity index (χ4v) is 3.67. The van der Waals surface area contributed by atoms with Gasteiger partial charge >= 0.3 is 5.97 Å². The van der Waals surface area contributed by atoms with Crippen molar-refractivity contribution in [2.45, 2.75) is 27.4 Å². The Balaban J connectivity index is 0.00000195. The number of aromatic nitrogens is 2. The number of nitrogens with zero attached hydrogens (tertiary/aromatic N) is 2. The molecule has 0 spiro atoms. The van der Waals surface area contributed by atoms with Crippen LogP contribution in [0.25, 0.3) is 12.2 Å². The molecule has 0 radical (unpaired) electrons. The Morgan fingerprint density at radius 1 is 1.03 bits per heavy atom. The van der Waals surface area contributed by atoms with Crippen LogP contribution >= 0.6 is 11.6 Å². The SMILES string of the molecule is CC.COC(=O)c1ccc(/C=C/c2c(C)ncnc2Nc2ccc(OCc3cccc(F)c3)c(Cl)c2)cc1. The maximum atomic E-state index is 13.4. The molecule has 0 aliphatic carbocycles. The van der Waals surface area contributed by atoms with E-state index < -0.39 is 0 Å². The summed E-state index contributed by atoms with van der Waals surface area (Å²) in [7, 11) is 1.35. The molecule has 0 bridgehead atoms. The number of ether oxygens (including phenoxy) is 2. The maximum Gasteiger partial charge on any atom is 0.337 e. The topological polar surface area (TPSA) is 73.3 Å². The first-order chi connectivity index (χ1) is 18.4. The predicted octanol–water partition coefficient (Wildman–Crippen LogP) is 7.88. The quantitative estimate of drug-likeness (QED) is 0.232. The molecule has 3 aromatic carbocycles. The number of rotatable bonds is 8. The summed E-state index contributed by atoms with van der Waals surface area (Å²) in [6.07, 6.45) is 5.30. The standard InChI is InChI=1S/C28H23ClFN3O3.C2H6/c1-18-24(12-8-19-6-9-21(10-7-19)28(34)35-2)27(32-17-31-18)33-23-11-13-26(25(29)15-23)36-16-20-4-3-5-22(30)14-20;1-2/h3-15,17H,16H2,1-2H3,(H,31,32,33);1-2H3/b12-8+;. The fourth-order valence-electron chi connectivity index (χ4n) is 3.43. The zero-order chi connectivity index (χ0) is 27.5. The number of carbonyl (C=O) groups excluding carboxylic acids is 1. The lowest BCUT2D eigenvalue weighted by Gasteiger charge is -2.13. The van der Waals surface area contributed by atoms with Crippen LogP contribution in [-0.4, -0.2) is 23.0 Å². The molecule has 0 atom stereocenters. The van der Waals surface area contributed by atoms with Crippen molar-refractivity contribution in [3.05, 3.63) is 112 Å². The first kappa shape index (κ1) is 28.3. The minimum atomic E-state index is -0.381.